The summed E-state index contributed by atoms with van der Waals surface area (Å²) in [6.07, 6.45) is 1.73. The van der Waals surface area contributed by atoms with Crippen LogP contribution in [0.15, 0.2) is 84.9 Å². The molecule has 0 spiro atoms. The average Bonchev–Trinajstić information content (AvgIpc) is 3.70. The van der Waals surface area contributed by atoms with Crippen LogP contribution in [0, 0.1) is 11.8 Å². The molecule has 2 aliphatic rings. The largest absolute Gasteiger partial charge is 0.324 e. The topological polar surface area (TPSA) is 58.2 Å². The Morgan fingerprint density at radius 1 is 0.567 bits per heavy atom. The first-order chi connectivity index (χ1) is 14.7. The van der Waals surface area contributed by atoms with Gasteiger partial charge in [-0.05, 0) is 47.9 Å². The lowest BCUT2D eigenvalue weighted by atomic mass is 10.1. The van der Waals surface area contributed by atoms with Crippen LogP contribution >= 0.6 is 0 Å². The van der Waals surface area contributed by atoms with E-state index in [0.29, 0.717) is 11.4 Å². The third-order valence-electron chi connectivity index (χ3n) is 6.15. The van der Waals surface area contributed by atoms with Crippen LogP contribution in [0.2, 0.25) is 0 Å². The summed E-state index contributed by atoms with van der Waals surface area (Å²) in [4.78, 5) is 25.5. The molecule has 4 atom stereocenters. The van der Waals surface area contributed by atoms with E-state index in [1.54, 1.807) is 0 Å². The van der Waals surface area contributed by atoms with Gasteiger partial charge < -0.3 is 10.6 Å². The van der Waals surface area contributed by atoms with Crippen molar-refractivity contribution < 1.29 is 9.59 Å². The van der Waals surface area contributed by atoms with Crippen LogP contribution < -0.4 is 10.6 Å². The van der Waals surface area contributed by atoms with E-state index in [4.69, 9.17) is 0 Å². The van der Waals surface area contributed by atoms with Crippen molar-refractivity contribution in [2.75, 3.05) is 10.6 Å². The van der Waals surface area contributed by atoms with Crippen molar-refractivity contribution in [1.82, 2.24) is 0 Å². The number of benzene rings is 3. The quantitative estimate of drug-likeness (QED) is 0.604. The summed E-state index contributed by atoms with van der Waals surface area (Å²) >= 11 is 0. The molecule has 3 aromatic carbocycles. The molecule has 0 heterocycles. The lowest BCUT2D eigenvalue weighted by molar-refractivity contribution is -0.118. The number of nitrogens with one attached hydrogen (secondary N) is 2. The molecule has 0 aliphatic heterocycles. The molecule has 3 aromatic rings. The van der Waals surface area contributed by atoms with E-state index in [0.717, 1.165) is 12.8 Å². The number of hydrogen-bond donors (Lipinski definition) is 2. The van der Waals surface area contributed by atoms with E-state index in [9.17, 15) is 9.59 Å². The van der Waals surface area contributed by atoms with Crippen LogP contribution in [0.3, 0.4) is 0 Å². The molecule has 2 aliphatic carbocycles. The van der Waals surface area contributed by atoms with Crippen LogP contribution in [0.5, 0.6) is 0 Å². The number of amides is 2. The van der Waals surface area contributed by atoms with Gasteiger partial charge in [0.1, 0.15) is 0 Å². The van der Waals surface area contributed by atoms with Crippen LogP contribution in [-0.4, -0.2) is 11.8 Å². The first-order valence-corrected chi connectivity index (χ1v) is 10.5. The zero-order valence-electron chi connectivity index (χ0n) is 16.6. The Morgan fingerprint density at radius 2 is 0.933 bits per heavy atom. The molecular weight excluding hydrogens is 372 g/mol. The zero-order valence-corrected chi connectivity index (χ0v) is 16.6. The lowest BCUT2D eigenvalue weighted by Crippen LogP contribution is -2.19. The van der Waals surface area contributed by atoms with Gasteiger partial charge in [0.2, 0.25) is 11.8 Å². The van der Waals surface area contributed by atoms with Crippen molar-refractivity contribution >= 4 is 23.2 Å². The highest BCUT2D eigenvalue weighted by Gasteiger charge is 2.45. The molecule has 4 heteroatoms. The number of rotatable bonds is 6. The first-order valence-electron chi connectivity index (χ1n) is 10.5. The lowest BCUT2D eigenvalue weighted by Gasteiger charge is -2.12. The second kappa shape index (κ2) is 7.79. The molecule has 2 fully saturated rings. The second-order valence-corrected chi connectivity index (χ2v) is 8.24. The van der Waals surface area contributed by atoms with Crippen molar-refractivity contribution in [3.8, 4) is 0 Å². The maximum absolute atomic E-state index is 12.8. The molecule has 0 unspecified atom stereocenters. The number of carbonyl (C=O) groups excluding carboxylic acids is 2. The van der Waals surface area contributed by atoms with Crippen molar-refractivity contribution in [3.63, 3.8) is 0 Å². The maximum Gasteiger partial charge on any atom is 0.228 e. The Morgan fingerprint density at radius 3 is 1.33 bits per heavy atom. The molecule has 0 saturated heterocycles. The molecule has 4 nitrogen and oxygen atoms in total. The summed E-state index contributed by atoms with van der Waals surface area (Å²) in [6.45, 7) is 0. The van der Waals surface area contributed by atoms with Gasteiger partial charge in [-0.2, -0.15) is 0 Å². The number of carbonyl (C=O) groups is 2. The second-order valence-electron chi connectivity index (χ2n) is 8.24. The van der Waals surface area contributed by atoms with Crippen LogP contribution in [0.1, 0.15) is 35.8 Å². The van der Waals surface area contributed by atoms with Crippen LogP contribution in [-0.2, 0) is 9.59 Å². The van der Waals surface area contributed by atoms with E-state index in [2.05, 4.69) is 34.9 Å². The Labute approximate surface area is 176 Å². The summed E-state index contributed by atoms with van der Waals surface area (Å²) in [5, 5.41) is 6.05. The SMILES string of the molecule is O=C(Nc1ccccc1NC(=O)[C@@H]1C[C@@H]1c1ccccc1)[C@@H]1C[C@@H]1c1ccccc1. The normalized spacial score (nSPS) is 24.0. The van der Waals surface area contributed by atoms with E-state index < -0.39 is 0 Å². The van der Waals surface area contributed by atoms with Crippen molar-refractivity contribution in [2.24, 2.45) is 11.8 Å². The molecule has 2 amide bonds. The predicted molar refractivity (Wildman–Crippen MR) is 118 cm³/mol. The third kappa shape index (κ3) is 3.86. The smallest absolute Gasteiger partial charge is 0.228 e. The molecule has 5 rings (SSSR count). The minimum Gasteiger partial charge on any atom is -0.324 e. The van der Waals surface area contributed by atoms with Gasteiger partial charge in [0.25, 0.3) is 0 Å². The third-order valence-corrected chi connectivity index (χ3v) is 6.15. The van der Waals surface area contributed by atoms with Crippen LogP contribution in [0.4, 0.5) is 11.4 Å². The Balaban J connectivity index is 1.22. The van der Waals surface area contributed by atoms with Gasteiger partial charge in [0, 0.05) is 11.8 Å². The summed E-state index contributed by atoms with van der Waals surface area (Å²) in [7, 11) is 0. The molecule has 2 N–H and O–H groups in total. The van der Waals surface area contributed by atoms with Gasteiger partial charge in [-0.1, -0.05) is 72.8 Å². The standard InChI is InChI=1S/C26H24N2O2/c29-25(21-15-19(21)17-9-3-1-4-10-17)27-23-13-7-8-14-24(23)28-26(30)22-16-20(22)18-11-5-2-6-12-18/h1-14,19-22H,15-16H2,(H,27,29)(H,28,30)/t19-,20-,21-,22-/m1/s1. The summed E-state index contributed by atoms with van der Waals surface area (Å²) in [6, 6.07) is 27.7. The van der Waals surface area contributed by atoms with Crippen molar-refractivity contribution in [2.45, 2.75) is 24.7 Å². The predicted octanol–water partition coefficient (Wildman–Crippen LogP) is 5.17. The molecule has 0 aromatic heterocycles. The Bertz CT molecular complexity index is 978. The fourth-order valence-electron chi connectivity index (χ4n) is 4.26. The average molecular weight is 396 g/mol. The molecular formula is C26H24N2O2. The summed E-state index contributed by atoms with van der Waals surface area (Å²) < 4.78 is 0. The number of anilines is 2. The molecule has 0 radical (unpaired) electrons. The maximum atomic E-state index is 12.8. The molecule has 30 heavy (non-hydrogen) atoms. The van der Waals surface area contributed by atoms with Gasteiger partial charge in [0.05, 0.1) is 11.4 Å². The van der Waals surface area contributed by atoms with Gasteiger partial charge in [-0.25, -0.2) is 0 Å². The van der Waals surface area contributed by atoms with Gasteiger partial charge in [-0.15, -0.1) is 0 Å². The highest BCUT2D eigenvalue weighted by Crippen LogP contribution is 2.49. The molecule has 150 valence electrons. The zero-order chi connectivity index (χ0) is 20.5. The minimum atomic E-state index is -0.0120. The van der Waals surface area contributed by atoms with Gasteiger partial charge >= 0.3 is 0 Å². The number of hydrogen-bond acceptors (Lipinski definition) is 2. The van der Waals surface area contributed by atoms with Crippen LogP contribution in [0.25, 0.3) is 0 Å². The Hall–Kier alpha value is -3.40. The summed E-state index contributed by atoms with van der Waals surface area (Å²) in [5.41, 5.74) is 3.73. The molecule has 0 bridgehead atoms. The van der Waals surface area contributed by atoms with E-state index in [1.807, 2.05) is 60.7 Å². The van der Waals surface area contributed by atoms with Crippen molar-refractivity contribution in [3.05, 3.63) is 96.1 Å². The van der Waals surface area contributed by atoms with Gasteiger partial charge in [0.15, 0.2) is 0 Å². The first kappa shape index (κ1) is 18.6. The minimum absolute atomic E-state index is 0.0120. The van der Waals surface area contributed by atoms with E-state index >= 15 is 0 Å². The molecule has 2 saturated carbocycles. The fraction of sp³-hybridized carbons (Fsp3) is 0.231. The van der Waals surface area contributed by atoms with Crippen molar-refractivity contribution in [1.29, 1.82) is 0 Å². The van der Waals surface area contributed by atoms with E-state index in [1.165, 1.54) is 11.1 Å². The monoisotopic (exact) mass is 396 g/mol. The highest BCUT2D eigenvalue weighted by atomic mass is 16.2. The number of para-hydroxylation sites is 2. The Kier molecular flexibility index (Phi) is 4.83. The summed E-state index contributed by atoms with van der Waals surface area (Å²) in [5.74, 6) is 0.569. The fourth-order valence-corrected chi connectivity index (χ4v) is 4.26. The van der Waals surface area contributed by atoms with E-state index in [-0.39, 0.29) is 35.5 Å². The highest BCUT2D eigenvalue weighted by molar-refractivity contribution is 6.02. The van der Waals surface area contributed by atoms with Gasteiger partial charge in [-0.3, -0.25) is 9.59 Å².